The van der Waals surface area contributed by atoms with Crippen LogP contribution in [-0.4, -0.2) is 36.3 Å². The number of likely N-dealkylation sites (N-methyl/N-ethyl adjacent to an activating group) is 1. The quantitative estimate of drug-likeness (QED) is 0.709. The van der Waals surface area contributed by atoms with Crippen molar-refractivity contribution in [2.45, 2.75) is 33.0 Å². The molecule has 0 aliphatic heterocycles. The van der Waals surface area contributed by atoms with Crippen molar-refractivity contribution in [3.63, 3.8) is 0 Å². The van der Waals surface area contributed by atoms with Crippen molar-refractivity contribution in [2.24, 2.45) is 0 Å². The number of ketones is 1. The Kier molecular flexibility index (Phi) is 7.01. The summed E-state index contributed by atoms with van der Waals surface area (Å²) in [7, 11) is 1.80. The van der Waals surface area contributed by atoms with Gasteiger partial charge < -0.3 is 10.1 Å². The number of benzene rings is 2. The van der Waals surface area contributed by atoms with Gasteiger partial charge in [0, 0.05) is 17.8 Å². The van der Waals surface area contributed by atoms with Crippen molar-refractivity contribution in [1.29, 1.82) is 0 Å². The number of halogens is 2. The van der Waals surface area contributed by atoms with Gasteiger partial charge in [-0.1, -0.05) is 12.1 Å². The molecule has 0 aliphatic carbocycles. The number of alkyl halides is 2. The predicted molar refractivity (Wildman–Crippen MR) is 99.1 cm³/mol. The summed E-state index contributed by atoms with van der Waals surface area (Å²) in [6.45, 7) is 0.865. The number of nitrogens with zero attached hydrogens (tertiary/aromatic N) is 1. The minimum atomic E-state index is -2.85. The minimum Gasteiger partial charge on any atom is -0.435 e. The van der Waals surface area contributed by atoms with Crippen LogP contribution in [0.25, 0.3) is 0 Å². The van der Waals surface area contributed by atoms with Crippen LogP contribution in [0.2, 0.25) is 0 Å². The Morgan fingerprint density at radius 1 is 1.07 bits per heavy atom. The molecule has 1 atom stereocenters. The molecule has 0 spiro atoms. The predicted octanol–water partition coefficient (Wildman–Crippen LogP) is 3.95. The molecular weight excluding hydrogens is 354 g/mol. The van der Waals surface area contributed by atoms with Gasteiger partial charge in [-0.2, -0.15) is 8.78 Å². The highest BCUT2D eigenvalue weighted by molar-refractivity contribution is 5.96. The fraction of sp³-hybridized carbons (Fsp3) is 0.300. The lowest BCUT2D eigenvalue weighted by molar-refractivity contribution is -0.120. The second kappa shape index (κ2) is 9.23. The molecule has 0 heterocycles. The van der Waals surface area contributed by atoms with E-state index in [0.29, 0.717) is 17.8 Å². The lowest BCUT2D eigenvalue weighted by Gasteiger charge is -2.24. The van der Waals surface area contributed by atoms with Crippen molar-refractivity contribution in [3.8, 4) is 5.75 Å². The molecule has 5 nitrogen and oxygen atoms in total. The number of ether oxygens (including phenoxy) is 1. The number of amides is 1. The van der Waals surface area contributed by atoms with E-state index in [1.165, 1.54) is 19.1 Å². The number of nitrogens with one attached hydrogen (secondary N) is 1. The fourth-order valence-electron chi connectivity index (χ4n) is 2.44. The summed E-state index contributed by atoms with van der Waals surface area (Å²) in [5, 5.41) is 2.81. The number of rotatable bonds is 8. The molecule has 0 saturated heterocycles. The standard InChI is InChI=1S/C20H22F2N2O3/c1-13(19(26)23-17-8-6-16(7-9-17)14(2)25)24(3)12-15-4-10-18(11-5-15)27-20(21)22/h4-11,13,20H,12H2,1-3H3,(H,23,26)/t13-/m1/s1. The topological polar surface area (TPSA) is 58.6 Å². The Bertz CT molecular complexity index is 777. The smallest absolute Gasteiger partial charge is 0.387 e. The number of carbonyl (C=O) groups excluding carboxylic acids is 2. The Hall–Kier alpha value is -2.80. The van der Waals surface area contributed by atoms with E-state index in [1.807, 2.05) is 4.90 Å². The first-order chi connectivity index (χ1) is 12.8. The maximum atomic E-state index is 12.4. The first-order valence-electron chi connectivity index (χ1n) is 8.42. The van der Waals surface area contributed by atoms with Crippen molar-refractivity contribution >= 4 is 17.4 Å². The van der Waals surface area contributed by atoms with E-state index in [4.69, 9.17) is 0 Å². The lowest BCUT2D eigenvalue weighted by atomic mass is 10.1. The van der Waals surface area contributed by atoms with Crippen LogP contribution in [0.5, 0.6) is 5.75 Å². The van der Waals surface area contributed by atoms with E-state index in [1.54, 1.807) is 50.4 Å². The summed E-state index contributed by atoms with van der Waals surface area (Å²) in [4.78, 5) is 25.5. The molecule has 0 unspecified atom stereocenters. The number of hydrogen-bond acceptors (Lipinski definition) is 4. The van der Waals surface area contributed by atoms with Gasteiger partial charge in [0.15, 0.2) is 5.78 Å². The van der Waals surface area contributed by atoms with Crippen LogP contribution in [0, 0.1) is 0 Å². The third-order valence-corrected chi connectivity index (χ3v) is 4.18. The Labute approximate surface area is 156 Å². The van der Waals surface area contributed by atoms with Gasteiger partial charge in [-0.15, -0.1) is 0 Å². The van der Waals surface area contributed by atoms with Crippen LogP contribution in [0.3, 0.4) is 0 Å². The number of carbonyl (C=O) groups is 2. The number of anilines is 1. The van der Waals surface area contributed by atoms with E-state index in [2.05, 4.69) is 10.1 Å². The van der Waals surface area contributed by atoms with Gasteiger partial charge in [-0.05, 0) is 62.9 Å². The molecule has 27 heavy (non-hydrogen) atoms. The minimum absolute atomic E-state index is 0.0362. The van der Waals surface area contributed by atoms with Gasteiger partial charge in [0.1, 0.15) is 5.75 Å². The average Bonchev–Trinajstić information content (AvgIpc) is 2.62. The molecule has 1 N–H and O–H groups in total. The van der Waals surface area contributed by atoms with Crippen LogP contribution in [0.15, 0.2) is 48.5 Å². The molecule has 1 amide bonds. The molecule has 0 aliphatic rings. The van der Waals surface area contributed by atoms with Crippen LogP contribution in [0.1, 0.15) is 29.8 Å². The zero-order chi connectivity index (χ0) is 20.0. The molecular formula is C20H22F2N2O3. The number of Topliss-reactive ketones (excluding diaryl/α,β-unsaturated/α-hetero) is 1. The fourth-order valence-corrected chi connectivity index (χ4v) is 2.44. The second-order valence-electron chi connectivity index (χ2n) is 6.24. The summed E-state index contributed by atoms with van der Waals surface area (Å²) in [6.07, 6.45) is 0. The maximum absolute atomic E-state index is 12.4. The van der Waals surface area contributed by atoms with Gasteiger partial charge in [-0.3, -0.25) is 14.5 Å². The van der Waals surface area contributed by atoms with E-state index in [-0.39, 0.29) is 17.4 Å². The highest BCUT2D eigenvalue weighted by atomic mass is 19.3. The molecule has 0 saturated carbocycles. The zero-order valence-electron chi connectivity index (χ0n) is 15.4. The van der Waals surface area contributed by atoms with E-state index >= 15 is 0 Å². The van der Waals surface area contributed by atoms with E-state index in [9.17, 15) is 18.4 Å². The first-order valence-corrected chi connectivity index (χ1v) is 8.42. The summed E-state index contributed by atoms with van der Waals surface area (Å²) < 4.78 is 28.7. The molecule has 7 heteroatoms. The third kappa shape index (κ3) is 6.14. The summed E-state index contributed by atoms with van der Waals surface area (Å²) in [6, 6.07) is 12.6. The molecule has 144 valence electrons. The largest absolute Gasteiger partial charge is 0.435 e. The zero-order valence-corrected chi connectivity index (χ0v) is 15.4. The molecule has 0 bridgehead atoms. The van der Waals surface area contributed by atoms with E-state index < -0.39 is 12.7 Å². The van der Waals surface area contributed by atoms with Crippen LogP contribution >= 0.6 is 0 Å². The summed E-state index contributed by atoms with van der Waals surface area (Å²) in [5.74, 6) is -0.132. The molecule has 0 fully saturated rings. The monoisotopic (exact) mass is 376 g/mol. The first kappa shape index (κ1) is 20.5. The van der Waals surface area contributed by atoms with Crippen LogP contribution < -0.4 is 10.1 Å². The summed E-state index contributed by atoms with van der Waals surface area (Å²) >= 11 is 0. The van der Waals surface area contributed by atoms with Crippen molar-refractivity contribution in [1.82, 2.24) is 4.90 Å². The van der Waals surface area contributed by atoms with E-state index in [0.717, 1.165) is 5.56 Å². The van der Waals surface area contributed by atoms with Gasteiger partial charge in [-0.25, -0.2) is 0 Å². The van der Waals surface area contributed by atoms with Crippen LogP contribution in [-0.2, 0) is 11.3 Å². The van der Waals surface area contributed by atoms with Gasteiger partial charge in [0.25, 0.3) is 0 Å². The highest BCUT2D eigenvalue weighted by Gasteiger charge is 2.18. The Balaban J connectivity index is 1.92. The van der Waals surface area contributed by atoms with Gasteiger partial charge in [0.2, 0.25) is 5.91 Å². The van der Waals surface area contributed by atoms with Gasteiger partial charge in [0.05, 0.1) is 6.04 Å². The molecule has 0 radical (unpaired) electrons. The molecule has 2 aromatic carbocycles. The summed E-state index contributed by atoms with van der Waals surface area (Å²) in [5.41, 5.74) is 2.06. The third-order valence-electron chi connectivity index (χ3n) is 4.18. The molecule has 0 aromatic heterocycles. The molecule has 2 aromatic rings. The number of hydrogen-bond donors (Lipinski definition) is 1. The highest BCUT2D eigenvalue weighted by Crippen LogP contribution is 2.17. The SMILES string of the molecule is CC(=O)c1ccc(NC(=O)[C@@H](C)N(C)Cc2ccc(OC(F)F)cc2)cc1. The maximum Gasteiger partial charge on any atom is 0.387 e. The lowest BCUT2D eigenvalue weighted by Crippen LogP contribution is -2.39. The molecule has 2 rings (SSSR count). The second-order valence-corrected chi connectivity index (χ2v) is 6.24. The van der Waals surface area contributed by atoms with Crippen LogP contribution in [0.4, 0.5) is 14.5 Å². The van der Waals surface area contributed by atoms with Crippen molar-refractivity contribution in [3.05, 3.63) is 59.7 Å². The Morgan fingerprint density at radius 3 is 2.19 bits per heavy atom. The Morgan fingerprint density at radius 2 is 1.67 bits per heavy atom. The van der Waals surface area contributed by atoms with Gasteiger partial charge >= 0.3 is 6.61 Å². The van der Waals surface area contributed by atoms with Crippen molar-refractivity contribution < 1.29 is 23.1 Å². The normalized spacial score (nSPS) is 12.1. The van der Waals surface area contributed by atoms with Crippen molar-refractivity contribution in [2.75, 3.05) is 12.4 Å². The average molecular weight is 376 g/mol.